The second-order valence-electron chi connectivity index (χ2n) is 3.64. The number of benzene rings is 1. The summed E-state index contributed by atoms with van der Waals surface area (Å²) in [6.07, 6.45) is 0. The molecule has 0 atom stereocenters. The summed E-state index contributed by atoms with van der Waals surface area (Å²) in [5, 5.41) is 15.0. The van der Waals surface area contributed by atoms with Crippen molar-refractivity contribution in [2.24, 2.45) is 0 Å². The molecule has 0 aliphatic heterocycles. The topological polar surface area (TPSA) is 44.3 Å². The Hall–Kier alpha value is -0.900. The molecule has 3 heteroatoms. The van der Waals surface area contributed by atoms with Crippen molar-refractivity contribution in [3.63, 3.8) is 0 Å². The van der Waals surface area contributed by atoms with Crippen LogP contribution in [0, 0.1) is 6.92 Å². The van der Waals surface area contributed by atoms with Crippen molar-refractivity contribution < 1.29 is 5.11 Å². The Morgan fingerprint density at radius 1 is 1.13 bits per heavy atom. The number of nitrogens with one attached hydrogen (secondary N) is 2. The van der Waals surface area contributed by atoms with Gasteiger partial charge in [0.25, 0.3) is 0 Å². The summed E-state index contributed by atoms with van der Waals surface area (Å²) < 4.78 is 0. The zero-order chi connectivity index (χ0) is 10.9. The number of aliphatic hydroxyl groups excluding tert-OH is 1. The maximum atomic E-state index is 8.55. The molecule has 0 spiro atoms. The third kappa shape index (κ3) is 5.52. The highest BCUT2D eigenvalue weighted by Gasteiger charge is 1.92. The van der Waals surface area contributed by atoms with Gasteiger partial charge in [-0.25, -0.2) is 0 Å². The molecule has 0 aliphatic carbocycles. The summed E-state index contributed by atoms with van der Waals surface area (Å²) in [5.74, 6) is 0. The third-order valence-corrected chi connectivity index (χ3v) is 2.18. The first-order chi connectivity index (χ1) is 7.33. The molecular weight excluding hydrogens is 188 g/mol. The lowest BCUT2D eigenvalue weighted by Gasteiger charge is -2.06. The smallest absolute Gasteiger partial charge is 0.0555 e. The van der Waals surface area contributed by atoms with Crippen molar-refractivity contribution >= 4 is 0 Å². The van der Waals surface area contributed by atoms with E-state index in [2.05, 4.69) is 41.8 Å². The molecule has 1 rings (SSSR count). The van der Waals surface area contributed by atoms with Crippen LogP contribution in [0.1, 0.15) is 11.1 Å². The van der Waals surface area contributed by atoms with Crippen molar-refractivity contribution in [2.75, 3.05) is 26.2 Å². The molecule has 3 N–H and O–H groups in total. The Labute approximate surface area is 91.5 Å². The second-order valence-corrected chi connectivity index (χ2v) is 3.64. The van der Waals surface area contributed by atoms with Crippen molar-refractivity contribution in [2.45, 2.75) is 13.5 Å². The highest BCUT2D eigenvalue weighted by atomic mass is 16.3. The largest absolute Gasteiger partial charge is 0.395 e. The minimum absolute atomic E-state index is 0.206. The van der Waals surface area contributed by atoms with Crippen molar-refractivity contribution in [3.8, 4) is 0 Å². The molecule has 0 fully saturated rings. The molecule has 1 aromatic carbocycles. The van der Waals surface area contributed by atoms with E-state index in [-0.39, 0.29) is 6.61 Å². The molecule has 0 unspecified atom stereocenters. The van der Waals surface area contributed by atoms with Crippen LogP contribution in [0.15, 0.2) is 24.3 Å². The van der Waals surface area contributed by atoms with Gasteiger partial charge in [-0.15, -0.1) is 0 Å². The number of hydrogen-bond donors (Lipinski definition) is 3. The summed E-state index contributed by atoms with van der Waals surface area (Å²) in [5.41, 5.74) is 2.62. The highest BCUT2D eigenvalue weighted by molar-refractivity contribution is 5.21. The maximum Gasteiger partial charge on any atom is 0.0555 e. The molecule has 3 nitrogen and oxygen atoms in total. The monoisotopic (exact) mass is 208 g/mol. The average Bonchev–Trinajstić information content (AvgIpc) is 2.23. The van der Waals surface area contributed by atoms with Crippen LogP contribution in [0.2, 0.25) is 0 Å². The van der Waals surface area contributed by atoms with Crippen LogP contribution in [-0.2, 0) is 6.54 Å². The normalized spacial score (nSPS) is 10.5. The second kappa shape index (κ2) is 7.40. The fourth-order valence-corrected chi connectivity index (χ4v) is 1.44. The first-order valence-electron chi connectivity index (χ1n) is 5.41. The molecule has 15 heavy (non-hydrogen) atoms. The van der Waals surface area contributed by atoms with Crippen molar-refractivity contribution in [3.05, 3.63) is 35.4 Å². The van der Waals surface area contributed by atoms with Gasteiger partial charge in [0.1, 0.15) is 0 Å². The molecule has 0 radical (unpaired) electrons. The van der Waals surface area contributed by atoms with E-state index in [0.29, 0.717) is 6.54 Å². The predicted molar refractivity (Wildman–Crippen MR) is 62.8 cm³/mol. The Morgan fingerprint density at radius 2 is 1.93 bits per heavy atom. The SMILES string of the molecule is Cc1cccc(CNCCNCCO)c1. The first-order valence-corrected chi connectivity index (χ1v) is 5.41. The third-order valence-electron chi connectivity index (χ3n) is 2.18. The molecule has 84 valence electrons. The van der Waals surface area contributed by atoms with Gasteiger partial charge in [0.15, 0.2) is 0 Å². The lowest BCUT2D eigenvalue weighted by molar-refractivity contribution is 0.292. The first kappa shape index (κ1) is 12.2. The van der Waals surface area contributed by atoms with Crippen LogP contribution in [0.3, 0.4) is 0 Å². The van der Waals surface area contributed by atoms with Gasteiger partial charge in [-0.2, -0.15) is 0 Å². The van der Waals surface area contributed by atoms with E-state index in [1.54, 1.807) is 0 Å². The maximum absolute atomic E-state index is 8.55. The van der Waals surface area contributed by atoms with E-state index >= 15 is 0 Å². The van der Waals surface area contributed by atoms with Gasteiger partial charge < -0.3 is 15.7 Å². The summed E-state index contributed by atoms with van der Waals surface area (Å²) in [6, 6.07) is 8.50. The summed E-state index contributed by atoms with van der Waals surface area (Å²) >= 11 is 0. The fraction of sp³-hybridized carbons (Fsp3) is 0.500. The van der Waals surface area contributed by atoms with E-state index < -0.39 is 0 Å². The summed E-state index contributed by atoms with van der Waals surface area (Å²) in [4.78, 5) is 0. The molecule has 0 saturated carbocycles. The quantitative estimate of drug-likeness (QED) is 0.577. The number of hydrogen-bond acceptors (Lipinski definition) is 3. The lowest BCUT2D eigenvalue weighted by Crippen LogP contribution is -2.28. The van der Waals surface area contributed by atoms with E-state index in [1.807, 2.05) is 0 Å². The van der Waals surface area contributed by atoms with E-state index in [4.69, 9.17) is 5.11 Å². The van der Waals surface area contributed by atoms with Gasteiger partial charge in [-0.3, -0.25) is 0 Å². The van der Waals surface area contributed by atoms with Crippen LogP contribution in [0.4, 0.5) is 0 Å². The Morgan fingerprint density at radius 3 is 2.67 bits per heavy atom. The standard InChI is InChI=1S/C12H20N2O/c1-11-3-2-4-12(9-11)10-14-6-5-13-7-8-15/h2-4,9,13-15H,5-8,10H2,1H3. The van der Waals surface area contributed by atoms with Gasteiger partial charge in [-0.1, -0.05) is 29.8 Å². The summed E-state index contributed by atoms with van der Waals surface area (Å²) in [7, 11) is 0. The molecule has 1 aromatic rings. The van der Waals surface area contributed by atoms with Gasteiger partial charge in [0.05, 0.1) is 6.61 Å². The zero-order valence-electron chi connectivity index (χ0n) is 9.29. The minimum atomic E-state index is 0.206. The van der Waals surface area contributed by atoms with Gasteiger partial charge in [0, 0.05) is 26.2 Å². The Balaban J connectivity index is 2.10. The molecule has 0 amide bonds. The van der Waals surface area contributed by atoms with Crippen molar-refractivity contribution in [1.82, 2.24) is 10.6 Å². The van der Waals surface area contributed by atoms with Crippen LogP contribution < -0.4 is 10.6 Å². The number of rotatable bonds is 7. The highest BCUT2D eigenvalue weighted by Crippen LogP contribution is 2.02. The molecule has 0 saturated heterocycles. The van der Waals surface area contributed by atoms with Crippen LogP contribution in [0.25, 0.3) is 0 Å². The van der Waals surface area contributed by atoms with Crippen molar-refractivity contribution in [1.29, 1.82) is 0 Å². The lowest BCUT2D eigenvalue weighted by atomic mass is 10.1. The molecule has 0 aromatic heterocycles. The van der Waals surface area contributed by atoms with Gasteiger partial charge in [-0.05, 0) is 12.5 Å². The van der Waals surface area contributed by atoms with Crippen LogP contribution >= 0.6 is 0 Å². The number of aryl methyl sites for hydroxylation is 1. The van der Waals surface area contributed by atoms with E-state index in [9.17, 15) is 0 Å². The Bertz CT molecular complexity index is 276. The molecule has 0 bridgehead atoms. The molecule has 0 aliphatic rings. The predicted octanol–water partition coefficient (Wildman–Crippen LogP) is 0.667. The van der Waals surface area contributed by atoms with Gasteiger partial charge >= 0.3 is 0 Å². The van der Waals surface area contributed by atoms with Crippen LogP contribution in [-0.4, -0.2) is 31.3 Å². The number of aliphatic hydroxyl groups is 1. The van der Waals surface area contributed by atoms with Crippen LogP contribution in [0.5, 0.6) is 0 Å². The Kier molecular flexibility index (Phi) is 6.00. The minimum Gasteiger partial charge on any atom is -0.395 e. The van der Waals surface area contributed by atoms with Gasteiger partial charge in [0.2, 0.25) is 0 Å². The van der Waals surface area contributed by atoms with E-state index in [1.165, 1.54) is 11.1 Å². The molecular formula is C12H20N2O. The fourth-order valence-electron chi connectivity index (χ4n) is 1.44. The summed E-state index contributed by atoms with van der Waals surface area (Å²) in [6.45, 7) is 5.71. The molecule has 0 heterocycles. The average molecular weight is 208 g/mol. The zero-order valence-corrected chi connectivity index (χ0v) is 9.29. The van der Waals surface area contributed by atoms with E-state index in [0.717, 1.165) is 19.6 Å².